The van der Waals surface area contributed by atoms with Crippen LogP contribution in [-0.4, -0.2) is 29.8 Å². The predicted molar refractivity (Wildman–Crippen MR) is 63.2 cm³/mol. The van der Waals surface area contributed by atoms with E-state index in [1.54, 1.807) is 12.3 Å². The summed E-state index contributed by atoms with van der Waals surface area (Å²) in [5.74, 6) is -0.0746. The van der Waals surface area contributed by atoms with Gasteiger partial charge in [-0.05, 0) is 25.0 Å². The van der Waals surface area contributed by atoms with E-state index < -0.39 is 11.5 Å². The molecule has 0 aromatic carbocycles. The Hall–Kier alpha value is -1.04. The zero-order chi connectivity index (χ0) is 11.4. The van der Waals surface area contributed by atoms with E-state index in [9.17, 15) is 9.90 Å². The summed E-state index contributed by atoms with van der Waals surface area (Å²) in [7, 11) is 0. The second kappa shape index (κ2) is 6.05. The van der Waals surface area contributed by atoms with Gasteiger partial charge in [0.05, 0.1) is 12.8 Å². The van der Waals surface area contributed by atoms with Gasteiger partial charge in [0.25, 0.3) is 0 Å². The number of ether oxygens (including phenoxy) is 1. The normalized spacial score (nSPS) is 18.4. The summed E-state index contributed by atoms with van der Waals surface area (Å²) in [4.78, 5) is 11.3. The summed E-state index contributed by atoms with van der Waals surface area (Å²) in [5, 5.41) is 12.3. The molecular weight excluding hydrogens is 246 g/mol. The Morgan fingerprint density at radius 1 is 1.47 bits per heavy atom. The molecule has 1 aliphatic heterocycles. The average Bonchev–Trinajstić information content (AvgIpc) is 2.80. The second-order valence-corrected chi connectivity index (χ2v) is 3.93. The molecule has 0 bridgehead atoms. The molecule has 1 aromatic heterocycles. The number of rotatable bonds is 4. The maximum absolute atomic E-state index is 11.3. The van der Waals surface area contributed by atoms with Gasteiger partial charge in [-0.25, -0.2) is 0 Å². The van der Waals surface area contributed by atoms with E-state index in [1.165, 1.54) is 0 Å². The van der Waals surface area contributed by atoms with Crippen LogP contribution in [0.4, 0.5) is 0 Å². The number of aliphatic carboxylic acids is 1. The quantitative estimate of drug-likeness (QED) is 0.858. The van der Waals surface area contributed by atoms with E-state index in [1.807, 2.05) is 6.07 Å². The molecule has 0 spiro atoms. The molecule has 96 valence electrons. The summed E-state index contributed by atoms with van der Waals surface area (Å²) in [6.07, 6.45) is 2.56. The van der Waals surface area contributed by atoms with Gasteiger partial charge in [-0.15, -0.1) is 12.4 Å². The average molecular weight is 262 g/mol. The highest BCUT2D eigenvalue weighted by molar-refractivity contribution is 5.85. The Morgan fingerprint density at radius 3 is 2.71 bits per heavy atom. The summed E-state index contributed by atoms with van der Waals surface area (Å²) >= 11 is 0. The van der Waals surface area contributed by atoms with Crippen molar-refractivity contribution in [1.29, 1.82) is 0 Å². The first-order valence-electron chi connectivity index (χ1n) is 5.31. The van der Waals surface area contributed by atoms with Gasteiger partial charge in [-0.2, -0.15) is 0 Å². The zero-order valence-electron chi connectivity index (χ0n) is 9.35. The largest absolute Gasteiger partial charge is 0.480 e. The molecule has 6 heteroatoms. The van der Waals surface area contributed by atoms with Gasteiger partial charge < -0.3 is 14.3 Å². The SMILES string of the molecule is Cl.O=C(O)C1(NCc2ccco2)CCOCC1. The lowest BCUT2D eigenvalue weighted by Gasteiger charge is -2.33. The minimum atomic E-state index is -0.870. The van der Waals surface area contributed by atoms with E-state index in [-0.39, 0.29) is 12.4 Å². The molecule has 2 rings (SSSR count). The van der Waals surface area contributed by atoms with Crippen LogP contribution in [0.1, 0.15) is 18.6 Å². The van der Waals surface area contributed by atoms with Gasteiger partial charge >= 0.3 is 5.97 Å². The maximum Gasteiger partial charge on any atom is 0.324 e. The van der Waals surface area contributed by atoms with Crippen molar-refractivity contribution in [2.24, 2.45) is 0 Å². The highest BCUT2D eigenvalue weighted by Gasteiger charge is 2.39. The molecule has 0 atom stereocenters. The third kappa shape index (κ3) is 3.21. The minimum absolute atomic E-state index is 0. The number of halogens is 1. The number of hydrogen-bond donors (Lipinski definition) is 2. The Labute approximate surface area is 106 Å². The molecule has 1 saturated heterocycles. The highest BCUT2D eigenvalue weighted by Crippen LogP contribution is 2.21. The Morgan fingerprint density at radius 2 is 2.18 bits per heavy atom. The lowest BCUT2D eigenvalue weighted by Crippen LogP contribution is -2.55. The van der Waals surface area contributed by atoms with Crippen molar-refractivity contribution >= 4 is 18.4 Å². The number of carboxylic acids is 1. The summed E-state index contributed by atoms with van der Waals surface area (Å²) in [5.41, 5.74) is -0.870. The predicted octanol–water partition coefficient (Wildman–Crippen LogP) is 1.42. The number of carboxylic acid groups (broad SMARTS) is 1. The van der Waals surface area contributed by atoms with Gasteiger partial charge in [-0.3, -0.25) is 10.1 Å². The fourth-order valence-electron chi connectivity index (χ4n) is 1.86. The zero-order valence-corrected chi connectivity index (χ0v) is 10.2. The van der Waals surface area contributed by atoms with E-state index in [0.29, 0.717) is 32.6 Å². The molecular formula is C11H16ClNO4. The molecule has 2 N–H and O–H groups in total. The van der Waals surface area contributed by atoms with E-state index in [2.05, 4.69) is 5.32 Å². The van der Waals surface area contributed by atoms with Crippen LogP contribution in [0.25, 0.3) is 0 Å². The molecule has 1 fully saturated rings. The summed E-state index contributed by atoms with van der Waals surface area (Å²) in [6, 6.07) is 3.61. The number of nitrogens with one attached hydrogen (secondary N) is 1. The number of furan rings is 1. The molecule has 1 aliphatic rings. The molecule has 17 heavy (non-hydrogen) atoms. The first-order valence-corrected chi connectivity index (χ1v) is 5.31. The Bertz CT molecular complexity index is 346. The van der Waals surface area contributed by atoms with Crippen molar-refractivity contribution in [3.8, 4) is 0 Å². The van der Waals surface area contributed by atoms with Gasteiger partial charge in [0, 0.05) is 13.2 Å². The number of carbonyl (C=O) groups is 1. The lowest BCUT2D eigenvalue weighted by atomic mass is 9.90. The van der Waals surface area contributed by atoms with Gasteiger partial charge in [0.15, 0.2) is 0 Å². The van der Waals surface area contributed by atoms with E-state index in [4.69, 9.17) is 9.15 Å². The molecule has 0 saturated carbocycles. The third-order valence-electron chi connectivity index (χ3n) is 2.94. The topological polar surface area (TPSA) is 71.7 Å². The van der Waals surface area contributed by atoms with Crippen molar-refractivity contribution in [3.05, 3.63) is 24.2 Å². The molecule has 5 nitrogen and oxygen atoms in total. The van der Waals surface area contributed by atoms with Crippen LogP contribution >= 0.6 is 12.4 Å². The van der Waals surface area contributed by atoms with Crippen LogP contribution in [0.2, 0.25) is 0 Å². The summed E-state index contributed by atoms with van der Waals surface area (Å²) in [6.45, 7) is 1.40. The standard InChI is InChI=1S/C11H15NO4.ClH/c13-10(14)11(3-6-15-7-4-11)12-8-9-2-1-5-16-9;/h1-2,5,12H,3-4,6-8H2,(H,13,14);1H. The molecule has 0 unspecified atom stereocenters. The van der Waals surface area contributed by atoms with Crippen LogP contribution in [0, 0.1) is 0 Å². The van der Waals surface area contributed by atoms with Crippen molar-refractivity contribution in [1.82, 2.24) is 5.32 Å². The smallest absolute Gasteiger partial charge is 0.324 e. The Balaban J connectivity index is 0.00000144. The second-order valence-electron chi connectivity index (χ2n) is 3.93. The van der Waals surface area contributed by atoms with Crippen LogP contribution in [0.15, 0.2) is 22.8 Å². The lowest BCUT2D eigenvalue weighted by molar-refractivity contribution is -0.149. The van der Waals surface area contributed by atoms with Crippen LogP contribution in [0.3, 0.4) is 0 Å². The fourth-order valence-corrected chi connectivity index (χ4v) is 1.86. The third-order valence-corrected chi connectivity index (χ3v) is 2.94. The van der Waals surface area contributed by atoms with Crippen molar-refractivity contribution in [3.63, 3.8) is 0 Å². The molecule has 0 radical (unpaired) electrons. The number of hydrogen-bond acceptors (Lipinski definition) is 4. The molecule has 0 amide bonds. The van der Waals surface area contributed by atoms with Crippen LogP contribution in [-0.2, 0) is 16.1 Å². The maximum atomic E-state index is 11.3. The molecule has 0 aliphatic carbocycles. The van der Waals surface area contributed by atoms with Crippen molar-refractivity contribution < 1.29 is 19.1 Å². The summed E-state index contributed by atoms with van der Waals surface area (Å²) < 4.78 is 10.3. The monoisotopic (exact) mass is 261 g/mol. The fraction of sp³-hybridized carbons (Fsp3) is 0.545. The van der Waals surface area contributed by atoms with Gasteiger partial charge in [-0.1, -0.05) is 0 Å². The van der Waals surface area contributed by atoms with Crippen LogP contribution in [0.5, 0.6) is 0 Å². The van der Waals surface area contributed by atoms with Crippen LogP contribution < -0.4 is 5.32 Å². The van der Waals surface area contributed by atoms with Crippen molar-refractivity contribution in [2.75, 3.05) is 13.2 Å². The minimum Gasteiger partial charge on any atom is -0.480 e. The first-order chi connectivity index (χ1) is 7.73. The van der Waals surface area contributed by atoms with Gasteiger partial charge in [0.2, 0.25) is 0 Å². The van der Waals surface area contributed by atoms with Gasteiger partial charge in [0.1, 0.15) is 11.3 Å². The molecule has 1 aromatic rings. The first kappa shape index (κ1) is 14.0. The van der Waals surface area contributed by atoms with E-state index in [0.717, 1.165) is 5.76 Å². The highest BCUT2D eigenvalue weighted by atomic mass is 35.5. The Kier molecular flexibility index (Phi) is 4.99. The van der Waals surface area contributed by atoms with E-state index >= 15 is 0 Å². The molecule has 2 heterocycles. The van der Waals surface area contributed by atoms with Crippen molar-refractivity contribution in [2.45, 2.75) is 24.9 Å².